The first kappa shape index (κ1) is 26.2. The summed E-state index contributed by atoms with van der Waals surface area (Å²) >= 11 is 0. The lowest BCUT2D eigenvalue weighted by Crippen LogP contribution is -2.38. The molecule has 2 aromatic carbocycles. The minimum Gasteiger partial charge on any atom is -0.494 e. The van der Waals surface area contributed by atoms with Gasteiger partial charge in [-0.05, 0) is 56.0 Å². The molecule has 1 aliphatic heterocycles. The van der Waals surface area contributed by atoms with Gasteiger partial charge < -0.3 is 25.4 Å². The summed E-state index contributed by atoms with van der Waals surface area (Å²) in [5.41, 5.74) is 1.42. The van der Waals surface area contributed by atoms with E-state index < -0.39 is 0 Å². The summed E-state index contributed by atoms with van der Waals surface area (Å²) in [6, 6.07) is 15.1. The Bertz CT molecular complexity index is 830. The molecule has 0 aliphatic carbocycles. The van der Waals surface area contributed by atoms with Gasteiger partial charge in [0, 0.05) is 26.2 Å². The third-order valence-electron chi connectivity index (χ3n) is 5.21. The van der Waals surface area contributed by atoms with Crippen molar-refractivity contribution in [1.82, 2.24) is 10.6 Å². The number of halogens is 2. The van der Waals surface area contributed by atoms with Crippen LogP contribution in [0.2, 0.25) is 0 Å². The fourth-order valence-electron chi connectivity index (χ4n) is 3.51. The van der Waals surface area contributed by atoms with Gasteiger partial charge in [0.1, 0.15) is 11.6 Å². The minimum absolute atomic E-state index is 0. The van der Waals surface area contributed by atoms with Crippen molar-refractivity contribution < 1.29 is 14.2 Å². The molecule has 0 unspecified atom stereocenters. The second-order valence-electron chi connectivity index (χ2n) is 7.64. The summed E-state index contributed by atoms with van der Waals surface area (Å²) < 4.78 is 20.3. The molecule has 0 atom stereocenters. The number of hydrogen-bond donors (Lipinski definition) is 3. The van der Waals surface area contributed by atoms with Gasteiger partial charge in [0.05, 0.1) is 24.9 Å². The molecular weight excluding hydrogens is 522 g/mol. The smallest absolute Gasteiger partial charge is 0.191 e. The Morgan fingerprint density at radius 2 is 1.91 bits per heavy atom. The molecule has 0 saturated carbocycles. The van der Waals surface area contributed by atoms with Crippen LogP contribution in [0.4, 0.5) is 10.1 Å². The van der Waals surface area contributed by atoms with Crippen LogP contribution < -0.4 is 20.3 Å². The summed E-state index contributed by atoms with van der Waals surface area (Å²) in [6.45, 7) is 5.87. The normalized spacial score (nSPS) is 14.6. The average Bonchev–Trinajstić information content (AvgIpc) is 2.79. The van der Waals surface area contributed by atoms with Crippen LogP contribution in [0.15, 0.2) is 53.5 Å². The predicted octanol–water partition coefficient (Wildman–Crippen LogP) is 3.93. The van der Waals surface area contributed by atoms with Crippen molar-refractivity contribution in [1.29, 1.82) is 0 Å². The summed E-state index contributed by atoms with van der Waals surface area (Å²) in [7, 11) is 0. The van der Waals surface area contributed by atoms with Gasteiger partial charge in [-0.1, -0.05) is 24.3 Å². The SMILES string of the molecule is CCNC(=NCc1ccc(N2CCC(O)CC2)c(F)c1)NCCCOc1ccccc1.I. The van der Waals surface area contributed by atoms with E-state index in [1.54, 1.807) is 6.07 Å². The van der Waals surface area contributed by atoms with Crippen LogP contribution in [-0.2, 0) is 6.54 Å². The molecular formula is C24H34FIN4O2. The second-order valence-corrected chi connectivity index (χ2v) is 7.64. The molecule has 0 aromatic heterocycles. The fraction of sp³-hybridized carbons (Fsp3) is 0.458. The van der Waals surface area contributed by atoms with E-state index in [0.717, 1.165) is 30.8 Å². The lowest BCUT2D eigenvalue weighted by Gasteiger charge is -2.31. The van der Waals surface area contributed by atoms with E-state index in [9.17, 15) is 9.50 Å². The Morgan fingerprint density at radius 3 is 2.59 bits per heavy atom. The van der Waals surface area contributed by atoms with Crippen molar-refractivity contribution in [3.05, 3.63) is 59.9 Å². The highest BCUT2D eigenvalue weighted by Crippen LogP contribution is 2.24. The molecule has 8 heteroatoms. The van der Waals surface area contributed by atoms with E-state index >= 15 is 0 Å². The zero-order valence-electron chi connectivity index (χ0n) is 18.6. The zero-order valence-corrected chi connectivity index (χ0v) is 20.9. The maximum Gasteiger partial charge on any atom is 0.191 e. The first-order chi connectivity index (χ1) is 15.2. The van der Waals surface area contributed by atoms with Gasteiger partial charge in [-0.15, -0.1) is 24.0 Å². The topological polar surface area (TPSA) is 69.1 Å². The van der Waals surface area contributed by atoms with Gasteiger partial charge in [-0.25, -0.2) is 9.38 Å². The third-order valence-corrected chi connectivity index (χ3v) is 5.21. The Morgan fingerprint density at radius 1 is 1.16 bits per heavy atom. The van der Waals surface area contributed by atoms with E-state index in [-0.39, 0.29) is 35.9 Å². The van der Waals surface area contributed by atoms with Gasteiger partial charge in [-0.3, -0.25) is 0 Å². The molecule has 0 radical (unpaired) electrons. The molecule has 1 aliphatic rings. The number of rotatable bonds is 9. The van der Waals surface area contributed by atoms with Gasteiger partial charge in [0.15, 0.2) is 5.96 Å². The van der Waals surface area contributed by atoms with Crippen LogP contribution in [0.3, 0.4) is 0 Å². The first-order valence-electron chi connectivity index (χ1n) is 11.1. The Balaban J connectivity index is 0.00000363. The van der Waals surface area contributed by atoms with Crippen LogP contribution >= 0.6 is 24.0 Å². The van der Waals surface area contributed by atoms with Crippen LogP contribution in [-0.4, -0.2) is 50.0 Å². The molecule has 1 fully saturated rings. The number of hydrogen-bond acceptors (Lipinski definition) is 4. The third kappa shape index (κ3) is 8.46. The van der Waals surface area contributed by atoms with E-state index in [4.69, 9.17) is 4.74 Å². The molecule has 0 amide bonds. The van der Waals surface area contributed by atoms with Crippen LogP contribution in [0.1, 0.15) is 31.7 Å². The monoisotopic (exact) mass is 556 g/mol. The van der Waals surface area contributed by atoms with Crippen molar-refractivity contribution in [2.24, 2.45) is 4.99 Å². The molecule has 2 aromatic rings. The lowest BCUT2D eigenvalue weighted by molar-refractivity contribution is 0.145. The summed E-state index contributed by atoms with van der Waals surface area (Å²) in [4.78, 5) is 6.57. The van der Waals surface area contributed by atoms with Crippen molar-refractivity contribution in [3.8, 4) is 5.75 Å². The summed E-state index contributed by atoms with van der Waals surface area (Å²) in [5.74, 6) is 1.34. The van der Waals surface area contributed by atoms with Crippen molar-refractivity contribution in [2.75, 3.05) is 37.7 Å². The highest BCUT2D eigenvalue weighted by Gasteiger charge is 2.19. The van der Waals surface area contributed by atoms with Crippen molar-refractivity contribution in [3.63, 3.8) is 0 Å². The number of para-hydroxylation sites is 1. The molecule has 3 N–H and O–H groups in total. The summed E-state index contributed by atoms with van der Waals surface area (Å²) in [5, 5.41) is 16.2. The van der Waals surface area contributed by atoms with E-state index in [0.29, 0.717) is 50.7 Å². The van der Waals surface area contributed by atoms with Gasteiger partial charge in [0.25, 0.3) is 0 Å². The van der Waals surface area contributed by atoms with E-state index in [1.807, 2.05) is 54.3 Å². The maximum absolute atomic E-state index is 14.6. The largest absolute Gasteiger partial charge is 0.494 e. The maximum atomic E-state index is 14.6. The molecule has 32 heavy (non-hydrogen) atoms. The standard InChI is InChI=1S/C24H33FN4O2.HI/c1-2-26-24(27-13-6-16-31-21-7-4-3-5-8-21)28-18-19-9-10-23(22(25)17-19)29-14-11-20(30)12-15-29;/h3-5,7-10,17,20,30H,2,6,11-16,18H2,1H3,(H2,26,27,28);1H. The first-order valence-corrected chi connectivity index (χ1v) is 11.1. The number of benzene rings is 2. The summed E-state index contributed by atoms with van der Waals surface area (Å²) in [6.07, 6.45) is 1.93. The Kier molecular flexibility index (Phi) is 11.6. The van der Waals surface area contributed by atoms with Crippen LogP contribution in [0, 0.1) is 5.82 Å². The number of aliphatic imine (C=N–C) groups is 1. The average molecular weight is 556 g/mol. The molecule has 6 nitrogen and oxygen atoms in total. The van der Waals surface area contributed by atoms with Gasteiger partial charge in [-0.2, -0.15) is 0 Å². The molecule has 0 spiro atoms. The lowest BCUT2D eigenvalue weighted by atomic mass is 10.1. The highest BCUT2D eigenvalue weighted by molar-refractivity contribution is 14.0. The molecule has 176 valence electrons. The van der Waals surface area contributed by atoms with E-state index in [2.05, 4.69) is 15.6 Å². The number of aliphatic hydroxyl groups is 1. The predicted molar refractivity (Wildman–Crippen MR) is 139 cm³/mol. The quantitative estimate of drug-likeness (QED) is 0.189. The van der Waals surface area contributed by atoms with Crippen molar-refractivity contribution in [2.45, 2.75) is 38.8 Å². The number of piperidine rings is 1. The Labute approximate surface area is 207 Å². The van der Waals surface area contributed by atoms with Crippen molar-refractivity contribution >= 4 is 35.6 Å². The number of ether oxygens (including phenoxy) is 1. The number of nitrogens with one attached hydrogen (secondary N) is 2. The number of guanidine groups is 1. The van der Waals surface area contributed by atoms with Crippen LogP contribution in [0.25, 0.3) is 0 Å². The van der Waals surface area contributed by atoms with Gasteiger partial charge >= 0.3 is 0 Å². The number of aliphatic hydroxyl groups excluding tert-OH is 1. The minimum atomic E-state index is -0.269. The van der Waals surface area contributed by atoms with E-state index in [1.165, 1.54) is 0 Å². The molecule has 1 saturated heterocycles. The van der Waals surface area contributed by atoms with Crippen LogP contribution in [0.5, 0.6) is 5.75 Å². The van der Waals surface area contributed by atoms with Gasteiger partial charge in [0.2, 0.25) is 0 Å². The molecule has 0 bridgehead atoms. The molecule has 3 rings (SSSR count). The highest BCUT2D eigenvalue weighted by atomic mass is 127. The fourth-order valence-corrected chi connectivity index (χ4v) is 3.51. The zero-order chi connectivity index (χ0) is 21.9. The Hall–Kier alpha value is -2.07. The second kappa shape index (κ2) is 14.2. The number of nitrogens with zero attached hydrogens (tertiary/aromatic N) is 2. The number of anilines is 1. The molecule has 1 heterocycles.